The number of esters is 1. The summed E-state index contributed by atoms with van der Waals surface area (Å²) in [5.41, 5.74) is 1.45. The molecule has 0 bridgehead atoms. The SMILES string of the molecule is COC(=O)c1nc(-c2cc(OC)c(OC)c(OC)c2)nc2ccccc12. The highest BCUT2D eigenvalue weighted by atomic mass is 16.5. The summed E-state index contributed by atoms with van der Waals surface area (Å²) < 4.78 is 20.9. The van der Waals surface area contributed by atoms with Gasteiger partial charge in [-0.3, -0.25) is 0 Å². The zero-order chi connectivity index (χ0) is 18.7. The van der Waals surface area contributed by atoms with Crippen LogP contribution in [-0.2, 0) is 4.74 Å². The summed E-state index contributed by atoms with van der Waals surface area (Å²) in [4.78, 5) is 21.1. The predicted molar refractivity (Wildman–Crippen MR) is 96.0 cm³/mol. The van der Waals surface area contributed by atoms with Crippen LogP contribution in [0.15, 0.2) is 36.4 Å². The molecule has 3 rings (SSSR count). The molecule has 2 aromatic carbocycles. The van der Waals surface area contributed by atoms with Crippen molar-refractivity contribution in [1.29, 1.82) is 0 Å². The number of carbonyl (C=O) groups is 1. The molecule has 0 aliphatic heterocycles. The quantitative estimate of drug-likeness (QED) is 0.651. The normalized spacial score (nSPS) is 10.5. The summed E-state index contributed by atoms with van der Waals surface area (Å²) in [7, 11) is 5.91. The third kappa shape index (κ3) is 2.99. The Balaban J connectivity index is 2.27. The minimum atomic E-state index is -0.530. The zero-order valence-corrected chi connectivity index (χ0v) is 14.9. The van der Waals surface area contributed by atoms with Gasteiger partial charge in [-0.15, -0.1) is 0 Å². The van der Waals surface area contributed by atoms with Crippen molar-refractivity contribution in [2.75, 3.05) is 28.4 Å². The average molecular weight is 354 g/mol. The second-order valence-electron chi connectivity index (χ2n) is 5.32. The van der Waals surface area contributed by atoms with E-state index in [1.54, 1.807) is 18.2 Å². The zero-order valence-electron chi connectivity index (χ0n) is 14.9. The summed E-state index contributed by atoms with van der Waals surface area (Å²) in [5, 5.41) is 0.621. The van der Waals surface area contributed by atoms with Crippen LogP contribution >= 0.6 is 0 Å². The van der Waals surface area contributed by atoms with Crippen LogP contribution < -0.4 is 14.2 Å². The molecule has 1 aromatic heterocycles. The van der Waals surface area contributed by atoms with Gasteiger partial charge in [0.2, 0.25) is 5.75 Å². The maximum atomic E-state index is 12.2. The maximum Gasteiger partial charge on any atom is 0.357 e. The lowest BCUT2D eigenvalue weighted by Crippen LogP contribution is -2.07. The van der Waals surface area contributed by atoms with Crippen LogP contribution in [0.2, 0.25) is 0 Å². The van der Waals surface area contributed by atoms with Crippen LogP contribution in [0.5, 0.6) is 17.2 Å². The van der Waals surface area contributed by atoms with Crippen molar-refractivity contribution in [2.24, 2.45) is 0 Å². The molecular weight excluding hydrogens is 336 g/mol. The van der Waals surface area contributed by atoms with Gasteiger partial charge >= 0.3 is 5.97 Å². The van der Waals surface area contributed by atoms with Crippen molar-refractivity contribution in [3.05, 3.63) is 42.1 Å². The third-order valence-electron chi connectivity index (χ3n) is 3.90. The smallest absolute Gasteiger partial charge is 0.357 e. The second kappa shape index (κ2) is 7.26. The van der Waals surface area contributed by atoms with E-state index in [0.29, 0.717) is 39.5 Å². The molecule has 26 heavy (non-hydrogen) atoms. The van der Waals surface area contributed by atoms with Gasteiger partial charge in [-0.2, -0.15) is 0 Å². The Kier molecular flexibility index (Phi) is 4.88. The van der Waals surface area contributed by atoms with Gasteiger partial charge in [0, 0.05) is 10.9 Å². The van der Waals surface area contributed by atoms with Crippen molar-refractivity contribution in [3.63, 3.8) is 0 Å². The predicted octanol–water partition coefficient (Wildman–Crippen LogP) is 3.11. The van der Waals surface area contributed by atoms with E-state index in [1.165, 1.54) is 28.4 Å². The summed E-state index contributed by atoms with van der Waals surface area (Å²) in [6, 6.07) is 10.7. The molecular formula is C19H18N2O5. The van der Waals surface area contributed by atoms with Crippen LogP contribution in [0.4, 0.5) is 0 Å². The van der Waals surface area contributed by atoms with Crippen LogP contribution in [0.3, 0.4) is 0 Å². The number of para-hydroxylation sites is 1. The van der Waals surface area contributed by atoms with Gasteiger partial charge in [0.25, 0.3) is 0 Å². The number of carbonyl (C=O) groups excluding carboxylic acids is 1. The Morgan fingerprint density at radius 1 is 0.885 bits per heavy atom. The number of hydrogen-bond donors (Lipinski definition) is 0. The first kappa shape index (κ1) is 17.5. The number of methoxy groups -OCH3 is 4. The van der Waals surface area contributed by atoms with Crippen LogP contribution in [0.1, 0.15) is 10.5 Å². The standard InChI is InChI=1S/C19H18N2O5/c1-23-14-9-11(10-15(24-2)17(14)25-3)18-20-13-8-6-5-7-12(13)16(21-18)19(22)26-4/h5-10H,1-4H3. The minimum Gasteiger partial charge on any atom is -0.493 e. The fourth-order valence-electron chi connectivity index (χ4n) is 2.67. The fraction of sp³-hybridized carbons (Fsp3) is 0.211. The second-order valence-corrected chi connectivity index (χ2v) is 5.32. The topological polar surface area (TPSA) is 79.8 Å². The van der Waals surface area contributed by atoms with Crippen molar-refractivity contribution >= 4 is 16.9 Å². The summed E-state index contributed by atoms with van der Waals surface area (Å²) in [6.07, 6.45) is 0. The first-order valence-electron chi connectivity index (χ1n) is 7.78. The highest BCUT2D eigenvalue weighted by Crippen LogP contribution is 2.40. The average Bonchev–Trinajstić information content (AvgIpc) is 2.70. The monoisotopic (exact) mass is 354 g/mol. The molecule has 134 valence electrons. The Labute approximate surface area is 150 Å². The Morgan fingerprint density at radius 2 is 1.54 bits per heavy atom. The van der Waals surface area contributed by atoms with Crippen LogP contribution in [0.25, 0.3) is 22.3 Å². The lowest BCUT2D eigenvalue weighted by Gasteiger charge is -2.14. The van der Waals surface area contributed by atoms with E-state index in [1.807, 2.05) is 18.2 Å². The molecule has 1 heterocycles. The molecule has 0 aliphatic rings. The van der Waals surface area contributed by atoms with E-state index in [0.717, 1.165) is 0 Å². The summed E-state index contributed by atoms with van der Waals surface area (Å²) in [5.74, 6) is 1.23. The van der Waals surface area contributed by atoms with E-state index in [4.69, 9.17) is 18.9 Å². The first-order valence-corrected chi connectivity index (χ1v) is 7.78. The van der Waals surface area contributed by atoms with Gasteiger partial charge in [-0.1, -0.05) is 18.2 Å². The van der Waals surface area contributed by atoms with E-state index in [2.05, 4.69) is 9.97 Å². The molecule has 0 fully saturated rings. The molecule has 0 radical (unpaired) electrons. The van der Waals surface area contributed by atoms with E-state index >= 15 is 0 Å². The lowest BCUT2D eigenvalue weighted by atomic mass is 10.1. The molecule has 0 amide bonds. The Bertz CT molecular complexity index is 946. The van der Waals surface area contributed by atoms with E-state index in [-0.39, 0.29) is 5.69 Å². The summed E-state index contributed by atoms with van der Waals surface area (Å²) in [6.45, 7) is 0. The first-order chi connectivity index (χ1) is 12.6. The third-order valence-corrected chi connectivity index (χ3v) is 3.90. The highest BCUT2D eigenvalue weighted by Gasteiger charge is 2.19. The van der Waals surface area contributed by atoms with Crippen LogP contribution in [0, 0.1) is 0 Å². The van der Waals surface area contributed by atoms with Crippen molar-refractivity contribution in [1.82, 2.24) is 9.97 Å². The van der Waals surface area contributed by atoms with Crippen LogP contribution in [-0.4, -0.2) is 44.4 Å². The molecule has 0 N–H and O–H groups in total. The van der Waals surface area contributed by atoms with Crippen molar-refractivity contribution in [3.8, 4) is 28.6 Å². The van der Waals surface area contributed by atoms with Gasteiger partial charge in [0.05, 0.1) is 34.0 Å². The number of benzene rings is 2. The molecule has 0 atom stereocenters. The maximum absolute atomic E-state index is 12.2. The highest BCUT2D eigenvalue weighted by molar-refractivity contribution is 6.02. The molecule has 0 unspecified atom stereocenters. The van der Waals surface area contributed by atoms with Crippen molar-refractivity contribution < 1.29 is 23.7 Å². The van der Waals surface area contributed by atoms with Gasteiger partial charge < -0.3 is 18.9 Å². The number of fused-ring (bicyclic) bond motifs is 1. The van der Waals surface area contributed by atoms with Gasteiger partial charge in [0.1, 0.15) is 0 Å². The molecule has 7 nitrogen and oxygen atoms in total. The Hall–Kier alpha value is -3.35. The fourth-order valence-corrected chi connectivity index (χ4v) is 2.67. The molecule has 3 aromatic rings. The van der Waals surface area contributed by atoms with E-state index in [9.17, 15) is 4.79 Å². The number of rotatable bonds is 5. The number of hydrogen-bond acceptors (Lipinski definition) is 7. The molecule has 0 aliphatic carbocycles. The van der Waals surface area contributed by atoms with Gasteiger partial charge in [-0.05, 0) is 18.2 Å². The van der Waals surface area contributed by atoms with E-state index < -0.39 is 5.97 Å². The molecule has 7 heteroatoms. The minimum absolute atomic E-state index is 0.196. The number of ether oxygens (including phenoxy) is 4. The summed E-state index contributed by atoms with van der Waals surface area (Å²) >= 11 is 0. The largest absolute Gasteiger partial charge is 0.493 e. The molecule has 0 saturated heterocycles. The molecule has 0 spiro atoms. The van der Waals surface area contributed by atoms with Gasteiger partial charge in [-0.25, -0.2) is 14.8 Å². The number of aromatic nitrogens is 2. The molecule has 0 saturated carbocycles. The van der Waals surface area contributed by atoms with Gasteiger partial charge in [0.15, 0.2) is 23.0 Å². The lowest BCUT2D eigenvalue weighted by molar-refractivity contribution is 0.0596. The Morgan fingerprint density at radius 3 is 2.12 bits per heavy atom. The number of nitrogens with zero attached hydrogens (tertiary/aromatic N) is 2. The van der Waals surface area contributed by atoms with Crippen molar-refractivity contribution in [2.45, 2.75) is 0 Å².